The molecule has 0 aliphatic rings. The molecule has 0 bridgehead atoms. The first-order valence-electron chi connectivity index (χ1n) is 7.17. The van der Waals surface area contributed by atoms with E-state index in [9.17, 15) is 4.39 Å². The van der Waals surface area contributed by atoms with E-state index in [1.807, 2.05) is 6.92 Å². The maximum Gasteiger partial charge on any atom is 0.227 e. The van der Waals surface area contributed by atoms with Crippen LogP contribution in [0, 0.1) is 12.7 Å². The number of aromatic nitrogens is 2. The molecule has 2 rings (SSSR count). The fourth-order valence-electron chi connectivity index (χ4n) is 1.99. The van der Waals surface area contributed by atoms with Crippen LogP contribution in [0.5, 0.6) is 11.6 Å². The average molecular weight is 289 g/mol. The molecule has 0 saturated heterocycles. The number of rotatable bonds is 6. The maximum atomic E-state index is 13.3. The second-order valence-electron chi connectivity index (χ2n) is 4.80. The zero-order valence-electron chi connectivity index (χ0n) is 12.6. The van der Waals surface area contributed by atoms with Crippen molar-refractivity contribution < 1.29 is 9.13 Å². The van der Waals surface area contributed by atoms with E-state index in [4.69, 9.17) is 4.74 Å². The number of benzene rings is 1. The van der Waals surface area contributed by atoms with Gasteiger partial charge in [0.25, 0.3) is 0 Å². The van der Waals surface area contributed by atoms with Gasteiger partial charge in [0, 0.05) is 6.54 Å². The van der Waals surface area contributed by atoms with Crippen molar-refractivity contribution in [2.75, 3.05) is 11.9 Å². The summed E-state index contributed by atoms with van der Waals surface area (Å²) in [5, 5.41) is 3.27. The van der Waals surface area contributed by atoms with Gasteiger partial charge in [0.05, 0.1) is 5.56 Å². The van der Waals surface area contributed by atoms with Crippen molar-refractivity contribution in [1.82, 2.24) is 9.97 Å². The van der Waals surface area contributed by atoms with Crippen LogP contribution in [0.4, 0.5) is 10.2 Å². The molecule has 112 valence electrons. The minimum Gasteiger partial charge on any atom is -0.439 e. The van der Waals surface area contributed by atoms with E-state index in [2.05, 4.69) is 22.2 Å². The number of hydrogen-bond acceptors (Lipinski definition) is 4. The molecule has 0 spiro atoms. The van der Waals surface area contributed by atoms with Crippen molar-refractivity contribution in [3.05, 3.63) is 41.5 Å². The summed E-state index contributed by atoms with van der Waals surface area (Å²) in [6.07, 6.45) is 3.24. The van der Waals surface area contributed by atoms with Gasteiger partial charge in [0.1, 0.15) is 23.7 Å². The molecule has 4 nitrogen and oxygen atoms in total. The summed E-state index contributed by atoms with van der Waals surface area (Å²) in [6, 6.07) is 4.66. The van der Waals surface area contributed by atoms with Gasteiger partial charge in [0.15, 0.2) is 0 Å². The Bertz CT molecular complexity index is 616. The maximum absolute atomic E-state index is 13.3. The van der Waals surface area contributed by atoms with Crippen molar-refractivity contribution in [3.8, 4) is 11.6 Å². The Hall–Kier alpha value is -2.17. The molecule has 1 N–H and O–H groups in total. The van der Waals surface area contributed by atoms with Gasteiger partial charge in [-0.15, -0.1) is 0 Å². The molecule has 0 atom stereocenters. The van der Waals surface area contributed by atoms with E-state index in [-0.39, 0.29) is 5.82 Å². The highest BCUT2D eigenvalue weighted by molar-refractivity contribution is 5.49. The molecule has 0 fully saturated rings. The highest BCUT2D eigenvalue weighted by Crippen LogP contribution is 2.28. The predicted octanol–water partition coefficient (Wildman–Crippen LogP) is 4.10. The number of nitrogens with zero attached hydrogens (tertiary/aromatic N) is 2. The van der Waals surface area contributed by atoms with E-state index < -0.39 is 0 Å². The minimum absolute atomic E-state index is 0.244. The normalized spacial score (nSPS) is 10.5. The van der Waals surface area contributed by atoms with Gasteiger partial charge in [-0.3, -0.25) is 0 Å². The van der Waals surface area contributed by atoms with Gasteiger partial charge in [-0.2, -0.15) is 0 Å². The van der Waals surface area contributed by atoms with Crippen LogP contribution in [0.3, 0.4) is 0 Å². The van der Waals surface area contributed by atoms with Crippen LogP contribution in [0.1, 0.15) is 31.4 Å². The fourth-order valence-corrected chi connectivity index (χ4v) is 1.99. The Morgan fingerprint density at radius 2 is 2.05 bits per heavy atom. The number of aryl methyl sites for hydroxylation is 1. The molecule has 0 aliphatic heterocycles. The van der Waals surface area contributed by atoms with Crippen molar-refractivity contribution in [1.29, 1.82) is 0 Å². The monoisotopic (exact) mass is 289 g/mol. The van der Waals surface area contributed by atoms with Gasteiger partial charge in [-0.05, 0) is 43.5 Å². The van der Waals surface area contributed by atoms with Crippen molar-refractivity contribution in [3.63, 3.8) is 0 Å². The topological polar surface area (TPSA) is 47.0 Å². The third-order valence-electron chi connectivity index (χ3n) is 3.15. The predicted molar refractivity (Wildman–Crippen MR) is 81.4 cm³/mol. The lowest BCUT2D eigenvalue weighted by molar-refractivity contribution is 0.453. The number of hydrogen-bond donors (Lipinski definition) is 1. The standard InChI is InChI=1S/C16H20FN3O/c1-4-8-18-15-13(5-2)16(20-10-19-15)21-12-6-7-14(17)11(3)9-12/h6-7,9-10H,4-5,8H2,1-3H3,(H,18,19,20). The van der Waals surface area contributed by atoms with E-state index in [1.54, 1.807) is 19.1 Å². The van der Waals surface area contributed by atoms with E-state index >= 15 is 0 Å². The fraction of sp³-hybridized carbons (Fsp3) is 0.375. The van der Waals surface area contributed by atoms with E-state index in [0.29, 0.717) is 17.2 Å². The third kappa shape index (κ3) is 3.68. The molecule has 0 aliphatic carbocycles. The van der Waals surface area contributed by atoms with Crippen LogP contribution < -0.4 is 10.1 Å². The molecule has 21 heavy (non-hydrogen) atoms. The van der Waals surface area contributed by atoms with Crippen LogP contribution in [-0.2, 0) is 6.42 Å². The van der Waals surface area contributed by atoms with Crippen LogP contribution in [0.15, 0.2) is 24.5 Å². The first-order chi connectivity index (χ1) is 10.2. The van der Waals surface area contributed by atoms with Gasteiger partial charge in [-0.1, -0.05) is 13.8 Å². The number of anilines is 1. The van der Waals surface area contributed by atoms with Crippen LogP contribution >= 0.6 is 0 Å². The quantitative estimate of drug-likeness (QED) is 0.869. The van der Waals surface area contributed by atoms with Crippen molar-refractivity contribution in [2.24, 2.45) is 0 Å². The van der Waals surface area contributed by atoms with Crippen molar-refractivity contribution >= 4 is 5.82 Å². The smallest absolute Gasteiger partial charge is 0.227 e. The molecule has 1 aromatic carbocycles. The molecular formula is C16H20FN3O. The van der Waals surface area contributed by atoms with Gasteiger partial charge in [-0.25, -0.2) is 14.4 Å². The summed E-state index contributed by atoms with van der Waals surface area (Å²) in [4.78, 5) is 8.46. The highest BCUT2D eigenvalue weighted by Gasteiger charge is 2.12. The van der Waals surface area contributed by atoms with Gasteiger partial charge >= 0.3 is 0 Å². The summed E-state index contributed by atoms with van der Waals surface area (Å²) >= 11 is 0. The Labute approximate surface area is 124 Å². The Balaban J connectivity index is 2.28. The number of nitrogens with one attached hydrogen (secondary N) is 1. The third-order valence-corrected chi connectivity index (χ3v) is 3.15. The largest absolute Gasteiger partial charge is 0.439 e. The molecular weight excluding hydrogens is 269 g/mol. The summed E-state index contributed by atoms with van der Waals surface area (Å²) in [7, 11) is 0. The van der Waals surface area contributed by atoms with Crippen molar-refractivity contribution in [2.45, 2.75) is 33.6 Å². The van der Waals surface area contributed by atoms with Crippen LogP contribution in [0.25, 0.3) is 0 Å². The number of halogens is 1. The Kier molecular flexibility index (Phi) is 5.09. The molecule has 0 saturated carbocycles. The minimum atomic E-state index is -0.244. The van der Waals surface area contributed by atoms with Crippen LogP contribution in [0.2, 0.25) is 0 Å². The van der Waals surface area contributed by atoms with Crippen LogP contribution in [-0.4, -0.2) is 16.5 Å². The molecule has 0 unspecified atom stereocenters. The molecule has 0 amide bonds. The molecule has 5 heteroatoms. The van der Waals surface area contributed by atoms with Gasteiger partial charge < -0.3 is 10.1 Å². The SMILES string of the molecule is CCCNc1ncnc(Oc2ccc(F)c(C)c2)c1CC. The zero-order chi connectivity index (χ0) is 15.2. The number of ether oxygens (including phenoxy) is 1. The summed E-state index contributed by atoms with van der Waals surface area (Å²) in [5.74, 6) is 1.63. The van der Waals surface area contributed by atoms with E-state index in [0.717, 1.165) is 30.8 Å². The lowest BCUT2D eigenvalue weighted by Crippen LogP contribution is -2.07. The summed E-state index contributed by atoms with van der Waals surface area (Å²) in [5.41, 5.74) is 1.47. The second kappa shape index (κ2) is 7.02. The summed E-state index contributed by atoms with van der Waals surface area (Å²) in [6.45, 7) is 6.67. The zero-order valence-corrected chi connectivity index (χ0v) is 12.6. The Morgan fingerprint density at radius 3 is 2.71 bits per heavy atom. The second-order valence-corrected chi connectivity index (χ2v) is 4.80. The first kappa shape index (κ1) is 15.2. The average Bonchev–Trinajstić information content (AvgIpc) is 2.49. The molecule has 1 heterocycles. The Morgan fingerprint density at radius 1 is 1.24 bits per heavy atom. The lowest BCUT2D eigenvalue weighted by Gasteiger charge is -2.13. The lowest BCUT2D eigenvalue weighted by atomic mass is 10.2. The highest BCUT2D eigenvalue weighted by atomic mass is 19.1. The summed E-state index contributed by atoms with van der Waals surface area (Å²) < 4.78 is 19.1. The molecule has 1 aromatic heterocycles. The van der Waals surface area contributed by atoms with Gasteiger partial charge in [0.2, 0.25) is 5.88 Å². The van der Waals surface area contributed by atoms with E-state index in [1.165, 1.54) is 12.4 Å². The first-order valence-corrected chi connectivity index (χ1v) is 7.17. The molecule has 0 radical (unpaired) electrons. The molecule has 2 aromatic rings.